The van der Waals surface area contributed by atoms with Crippen molar-refractivity contribution in [3.63, 3.8) is 0 Å². The van der Waals surface area contributed by atoms with Gasteiger partial charge < -0.3 is 5.32 Å². The van der Waals surface area contributed by atoms with Gasteiger partial charge in [-0.05, 0) is 47.9 Å². The lowest BCUT2D eigenvalue weighted by molar-refractivity contribution is -0.116. The molecule has 0 atom stereocenters. The molecule has 0 spiro atoms. The predicted octanol–water partition coefficient (Wildman–Crippen LogP) is 6.63. The van der Waals surface area contributed by atoms with Gasteiger partial charge in [0.25, 0.3) is 5.56 Å². The van der Waals surface area contributed by atoms with Gasteiger partial charge in [0, 0.05) is 16.6 Å². The van der Waals surface area contributed by atoms with E-state index in [1.807, 2.05) is 42.6 Å². The Bertz CT molecular complexity index is 1400. The Kier molecular flexibility index (Phi) is 6.71. The highest BCUT2D eigenvalue weighted by Crippen LogP contribution is 2.34. The molecular formula is C28H31N3O2S. The lowest BCUT2D eigenvalue weighted by Crippen LogP contribution is -2.28. The molecule has 2 aromatic heterocycles. The van der Waals surface area contributed by atoms with Gasteiger partial charge in [-0.1, -0.05) is 69.7 Å². The number of carbonyl (C=O) groups excluding carboxylic acids is 1. The van der Waals surface area contributed by atoms with Gasteiger partial charge in [-0.2, -0.15) is 0 Å². The van der Waals surface area contributed by atoms with Crippen LogP contribution in [0.25, 0.3) is 21.3 Å². The maximum Gasteiger partial charge on any atom is 0.263 e. The van der Waals surface area contributed by atoms with Crippen molar-refractivity contribution in [3.05, 3.63) is 80.7 Å². The average molecular weight is 474 g/mol. The topological polar surface area (TPSA) is 64.0 Å². The van der Waals surface area contributed by atoms with Crippen LogP contribution in [-0.4, -0.2) is 15.5 Å². The van der Waals surface area contributed by atoms with Crippen molar-refractivity contribution < 1.29 is 4.79 Å². The van der Waals surface area contributed by atoms with E-state index in [-0.39, 0.29) is 29.8 Å². The van der Waals surface area contributed by atoms with Crippen molar-refractivity contribution in [2.75, 3.05) is 5.32 Å². The SMILES string of the molecule is Cc1ccc(-c2csc3ncn(CC(=O)Nc4c(C(C)C)cccc4C(C)C)c(=O)c23)c(C)c1. The lowest BCUT2D eigenvalue weighted by Gasteiger charge is -2.20. The zero-order valence-corrected chi connectivity index (χ0v) is 21.4. The second kappa shape index (κ2) is 9.55. The number of rotatable bonds is 6. The maximum atomic E-state index is 13.4. The van der Waals surface area contributed by atoms with Crippen LogP contribution >= 0.6 is 11.3 Å². The lowest BCUT2D eigenvalue weighted by atomic mass is 9.92. The molecule has 0 aliphatic rings. The van der Waals surface area contributed by atoms with Crippen LogP contribution in [0.4, 0.5) is 5.69 Å². The van der Waals surface area contributed by atoms with Gasteiger partial charge in [0.1, 0.15) is 11.4 Å². The van der Waals surface area contributed by atoms with Crippen LogP contribution in [0.1, 0.15) is 61.8 Å². The second-order valence-electron chi connectivity index (χ2n) is 9.49. The van der Waals surface area contributed by atoms with Gasteiger partial charge in [0.15, 0.2) is 0 Å². The molecule has 4 aromatic rings. The van der Waals surface area contributed by atoms with Crippen LogP contribution in [0.5, 0.6) is 0 Å². The monoisotopic (exact) mass is 473 g/mol. The number of anilines is 1. The summed E-state index contributed by atoms with van der Waals surface area (Å²) in [6, 6.07) is 12.3. The Morgan fingerprint density at radius 3 is 2.32 bits per heavy atom. The van der Waals surface area contributed by atoms with Gasteiger partial charge >= 0.3 is 0 Å². The fourth-order valence-electron chi connectivity index (χ4n) is 4.42. The van der Waals surface area contributed by atoms with Gasteiger partial charge in [0.05, 0.1) is 11.7 Å². The molecule has 1 amide bonds. The number of aryl methyl sites for hydroxylation is 2. The van der Waals surface area contributed by atoms with E-state index in [0.29, 0.717) is 10.2 Å². The number of hydrogen-bond acceptors (Lipinski definition) is 4. The van der Waals surface area contributed by atoms with Crippen molar-refractivity contribution >= 4 is 33.1 Å². The molecule has 0 bridgehead atoms. The molecule has 2 heterocycles. The number of nitrogens with one attached hydrogen (secondary N) is 1. The normalized spacial score (nSPS) is 11.5. The molecule has 34 heavy (non-hydrogen) atoms. The van der Waals surface area contributed by atoms with Crippen LogP contribution in [0, 0.1) is 13.8 Å². The Balaban J connectivity index is 1.70. The van der Waals surface area contributed by atoms with Crippen molar-refractivity contribution in [1.29, 1.82) is 0 Å². The summed E-state index contributed by atoms with van der Waals surface area (Å²) in [6.07, 6.45) is 1.48. The molecule has 0 fully saturated rings. The molecule has 0 aliphatic heterocycles. The van der Waals surface area contributed by atoms with Crippen molar-refractivity contribution in [2.24, 2.45) is 0 Å². The Labute approximate surface area is 204 Å². The number of nitrogens with zero attached hydrogens (tertiary/aromatic N) is 2. The van der Waals surface area contributed by atoms with E-state index in [1.54, 1.807) is 0 Å². The Morgan fingerprint density at radius 2 is 1.71 bits per heavy atom. The summed E-state index contributed by atoms with van der Waals surface area (Å²) in [5, 5.41) is 5.65. The van der Waals surface area contributed by atoms with Crippen LogP contribution in [0.2, 0.25) is 0 Å². The minimum atomic E-state index is -0.235. The first-order chi connectivity index (χ1) is 16.2. The number of aromatic nitrogens is 2. The number of hydrogen-bond donors (Lipinski definition) is 1. The number of fused-ring (bicyclic) bond motifs is 1. The first-order valence-corrected chi connectivity index (χ1v) is 12.5. The van der Waals surface area contributed by atoms with Crippen molar-refractivity contribution in [3.8, 4) is 11.1 Å². The summed E-state index contributed by atoms with van der Waals surface area (Å²) in [5.74, 6) is 0.295. The molecule has 4 rings (SSSR count). The van der Waals surface area contributed by atoms with E-state index in [1.165, 1.54) is 27.8 Å². The number of para-hydroxylation sites is 1. The third-order valence-electron chi connectivity index (χ3n) is 6.18. The van der Waals surface area contributed by atoms with Gasteiger partial charge in [-0.3, -0.25) is 14.2 Å². The smallest absolute Gasteiger partial charge is 0.263 e. The Hall–Kier alpha value is -3.25. The van der Waals surface area contributed by atoms with E-state index in [4.69, 9.17) is 0 Å². The highest BCUT2D eigenvalue weighted by atomic mass is 32.1. The van der Waals surface area contributed by atoms with Gasteiger partial charge in [0.2, 0.25) is 5.91 Å². The van der Waals surface area contributed by atoms with Crippen molar-refractivity contribution in [2.45, 2.75) is 59.9 Å². The number of benzene rings is 2. The van der Waals surface area contributed by atoms with E-state index in [0.717, 1.165) is 33.5 Å². The molecule has 176 valence electrons. The molecule has 0 unspecified atom stereocenters. The summed E-state index contributed by atoms with van der Waals surface area (Å²) in [5.41, 5.74) is 7.02. The minimum absolute atomic E-state index is 0.0894. The van der Waals surface area contributed by atoms with Gasteiger partial charge in [-0.25, -0.2) is 4.98 Å². The highest BCUT2D eigenvalue weighted by Gasteiger charge is 2.19. The zero-order valence-electron chi connectivity index (χ0n) is 20.6. The number of amides is 1. The summed E-state index contributed by atoms with van der Waals surface area (Å²) in [7, 11) is 0. The van der Waals surface area contributed by atoms with E-state index in [2.05, 4.69) is 51.0 Å². The van der Waals surface area contributed by atoms with Crippen LogP contribution in [0.15, 0.2) is 52.9 Å². The van der Waals surface area contributed by atoms with Crippen LogP contribution < -0.4 is 10.9 Å². The summed E-state index contributed by atoms with van der Waals surface area (Å²) in [4.78, 5) is 31.7. The molecular weight excluding hydrogens is 442 g/mol. The average Bonchev–Trinajstić information content (AvgIpc) is 3.20. The number of thiophene rings is 1. The van der Waals surface area contributed by atoms with E-state index in [9.17, 15) is 9.59 Å². The predicted molar refractivity (Wildman–Crippen MR) is 142 cm³/mol. The second-order valence-corrected chi connectivity index (χ2v) is 10.4. The standard InChI is InChI=1S/C28H31N3O2S/c1-16(2)20-8-7-9-21(17(3)4)26(20)30-24(32)13-31-15-29-27-25(28(31)33)23(14-34-27)22-11-10-18(5)12-19(22)6/h7-12,14-17H,13H2,1-6H3,(H,30,32). The summed E-state index contributed by atoms with van der Waals surface area (Å²) < 4.78 is 1.41. The molecule has 0 radical (unpaired) electrons. The molecule has 0 saturated carbocycles. The summed E-state index contributed by atoms with van der Waals surface area (Å²) >= 11 is 1.45. The zero-order chi connectivity index (χ0) is 24.6. The first kappa shape index (κ1) is 23.9. The number of carbonyl (C=O) groups is 1. The molecule has 2 aromatic carbocycles. The fraction of sp³-hybridized carbons (Fsp3) is 0.321. The largest absolute Gasteiger partial charge is 0.324 e. The molecule has 6 heteroatoms. The van der Waals surface area contributed by atoms with Gasteiger partial charge in [-0.15, -0.1) is 11.3 Å². The highest BCUT2D eigenvalue weighted by molar-refractivity contribution is 7.17. The minimum Gasteiger partial charge on any atom is -0.324 e. The third kappa shape index (κ3) is 4.55. The molecule has 1 N–H and O–H groups in total. The van der Waals surface area contributed by atoms with Crippen LogP contribution in [0.3, 0.4) is 0 Å². The summed E-state index contributed by atoms with van der Waals surface area (Å²) in [6.45, 7) is 12.5. The molecule has 5 nitrogen and oxygen atoms in total. The first-order valence-electron chi connectivity index (χ1n) is 11.6. The molecule has 0 aliphatic carbocycles. The fourth-order valence-corrected chi connectivity index (χ4v) is 5.32. The van der Waals surface area contributed by atoms with Crippen LogP contribution in [-0.2, 0) is 11.3 Å². The maximum absolute atomic E-state index is 13.4. The third-order valence-corrected chi connectivity index (χ3v) is 7.07. The van der Waals surface area contributed by atoms with Crippen molar-refractivity contribution in [1.82, 2.24) is 9.55 Å². The Morgan fingerprint density at radius 1 is 1.03 bits per heavy atom. The molecule has 0 saturated heterocycles. The van der Waals surface area contributed by atoms with E-state index >= 15 is 0 Å². The van der Waals surface area contributed by atoms with E-state index < -0.39 is 0 Å². The quantitative estimate of drug-likeness (QED) is 0.342.